The molecule has 0 atom stereocenters. The number of carbonyl (C=O) groups is 1. The molecule has 2 aromatic rings. The molecular formula is C12H11N5O2. The predicted octanol–water partition coefficient (Wildman–Crippen LogP) is 1.59. The van der Waals surface area contributed by atoms with Crippen molar-refractivity contribution in [2.45, 2.75) is 18.8 Å². The molecule has 0 radical (unpaired) electrons. The van der Waals surface area contributed by atoms with Gasteiger partial charge in [0.15, 0.2) is 11.5 Å². The van der Waals surface area contributed by atoms with Gasteiger partial charge in [-0.05, 0) is 12.8 Å². The molecule has 1 fully saturated rings. The van der Waals surface area contributed by atoms with Crippen molar-refractivity contribution in [3.8, 4) is 0 Å². The van der Waals surface area contributed by atoms with Crippen LogP contribution in [0, 0.1) is 0 Å². The summed E-state index contributed by atoms with van der Waals surface area (Å²) in [4.78, 5) is 27.2. The molecule has 96 valence electrons. The van der Waals surface area contributed by atoms with E-state index in [1.54, 1.807) is 6.20 Å². The van der Waals surface area contributed by atoms with Crippen LogP contribution in [-0.4, -0.2) is 31.0 Å². The van der Waals surface area contributed by atoms with E-state index in [4.69, 9.17) is 0 Å². The maximum Gasteiger partial charge on any atom is 0.358 e. The number of nitrogens with one attached hydrogen (secondary N) is 1. The molecule has 0 saturated heterocycles. The van der Waals surface area contributed by atoms with Crippen LogP contribution in [0.3, 0.4) is 0 Å². The highest BCUT2D eigenvalue weighted by atomic mass is 16.4. The third-order valence-electron chi connectivity index (χ3n) is 2.81. The van der Waals surface area contributed by atoms with Gasteiger partial charge >= 0.3 is 5.97 Å². The monoisotopic (exact) mass is 257 g/mol. The number of hydrogen-bond acceptors (Lipinski definition) is 6. The Balaban J connectivity index is 1.93. The lowest BCUT2D eigenvalue weighted by atomic mass is 10.3. The lowest BCUT2D eigenvalue weighted by Gasteiger charge is -2.08. The van der Waals surface area contributed by atoms with Crippen LogP contribution in [0.2, 0.25) is 0 Å². The van der Waals surface area contributed by atoms with E-state index in [-0.39, 0.29) is 11.5 Å². The summed E-state index contributed by atoms with van der Waals surface area (Å²) in [6, 6.07) is 0. The molecule has 7 heteroatoms. The summed E-state index contributed by atoms with van der Waals surface area (Å²) in [5, 5.41) is 12.1. The minimum absolute atomic E-state index is 0.0757. The Morgan fingerprint density at radius 1 is 1.26 bits per heavy atom. The van der Waals surface area contributed by atoms with Crippen molar-refractivity contribution in [3.63, 3.8) is 0 Å². The van der Waals surface area contributed by atoms with Gasteiger partial charge in [0.05, 0.1) is 30.0 Å². The standard InChI is InChI=1S/C12H11N5O2/c18-12(19)10-11(16-8-3-13-6-14-4-8)15-5-9(17-10)7-1-2-7/h3-7H,1-2H2,(H,15,16)(H,18,19). The topological polar surface area (TPSA) is 101 Å². The fourth-order valence-electron chi connectivity index (χ4n) is 1.72. The summed E-state index contributed by atoms with van der Waals surface area (Å²) in [5.74, 6) is -0.541. The van der Waals surface area contributed by atoms with Crippen LogP contribution in [0.5, 0.6) is 0 Å². The first-order chi connectivity index (χ1) is 9.24. The maximum absolute atomic E-state index is 11.2. The summed E-state index contributed by atoms with van der Waals surface area (Å²) >= 11 is 0. The summed E-state index contributed by atoms with van der Waals surface area (Å²) in [5.41, 5.74) is 1.24. The molecule has 0 amide bonds. The van der Waals surface area contributed by atoms with Gasteiger partial charge in [-0.2, -0.15) is 0 Å². The number of anilines is 2. The van der Waals surface area contributed by atoms with E-state index >= 15 is 0 Å². The smallest absolute Gasteiger partial charge is 0.358 e. The van der Waals surface area contributed by atoms with Crippen LogP contribution in [0.15, 0.2) is 24.9 Å². The van der Waals surface area contributed by atoms with E-state index in [1.807, 2.05) is 0 Å². The zero-order valence-corrected chi connectivity index (χ0v) is 9.95. The second-order valence-electron chi connectivity index (χ2n) is 4.32. The Kier molecular flexibility index (Phi) is 2.79. The van der Waals surface area contributed by atoms with Gasteiger partial charge in [0.25, 0.3) is 0 Å². The van der Waals surface area contributed by atoms with Crippen molar-refractivity contribution in [1.82, 2.24) is 19.9 Å². The van der Waals surface area contributed by atoms with Crippen molar-refractivity contribution >= 4 is 17.5 Å². The molecule has 1 saturated carbocycles. The molecule has 0 aliphatic heterocycles. The zero-order chi connectivity index (χ0) is 13.2. The van der Waals surface area contributed by atoms with Crippen LogP contribution < -0.4 is 5.32 Å². The van der Waals surface area contributed by atoms with Gasteiger partial charge in [0, 0.05) is 5.92 Å². The van der Waals surface area contributed by atoms with Gasteiger partial charge in [-0.25, -0.2) is 24.7 Å². The second kappa shape index (κ2) is 4.60. The fourth-order valence-corrected chi connectivity index (χ4v) is 1.72. The molecule has 0 aromatic carbocycles. The van der Waals surface area contributed by atoms with Crippen molar-refractivity contribution < 1.29 is 9.90 Å². The average molecular weight is 257 g/mol. The number of carboxylic acid groups (broad SMARTS) is 1. The molecule has 1 aliphatic rings. The maximum atomic E-state index is 11.2. The van der Waals surface area contributed by atoms with Crippen molar-refractivity contribution in [2.75, 3.05) is 5.32 Å². The zero-order valence-electron chi connectivity index (χ0n) is 9.95. The number of carboxylic acids is 1. The minimum atomic E-state index is -1.10. The number of rotatable bonds is 4. The van der Waals surface area contributed by atoms with E-state index in [0.717, 1.165) is 18.5 Å². The van der Waals surface area contributed by atoms with Gasteiger partial charge in [0.2, 0.25) is 0 Å². The average Bonchev–Trinajstić information content (AvgIpc) is 3.24. The predicted molar refractivity (Wildman–Crippen MR) is 66.3 cm³/mol. The lowest BCUT2D eigenvalue weighted by Crippen LogP contribution is -2.09. The normalized spacial score (nSPS) is 14.1. The molecule has 0 unspecified atom stereocenters. The molecule has 3 rings (SSSR count). The Morgan fingerprint density at radius 2 is 2.00 bits per heavy atom. The molecule has 2 N–H and O–H groups in total. The molecule has 2 aromatic heterocycles. The number of hydrogen-bond donors (Lipinski definition) is 2. The van der Waals surface area contributed by atoms with E-state index in [9.17, 15) is 9.90 Å². The highest BCUT2D eigenvalue weighted by Crippen LogP contribution is 2.39. The van der Waals surface area contributed by atoms with Gasteiger partial charge in [0.1, 0.15) is 6.33 Å². The van der Waals surface area contributed by atoms with Crippen LogP contribution in [0.4, 0.5) is 11.5 Å². The first-order valence-electron chi connectivity index (χ1n) is 5.86. The Hall–Kier alpha value is -2.57. The number of aromatic carboxylic acids is 1. The first kappa shape index (κ1) is 11.5. The molecule has 0 bridgehead atoms. The highest BCUT2D eigenvalue weighted by Gasteiger charge is 2.27. The summed E-state index contributed by atoms with van der Waals surface area (Å²) in [6.07, 6.45) is 8.19. The van der Waals surface area contributed by atoms with Crippen LogP contribution in [0.1, 0.15) is 34.9 Å². The van der Waals surface area contributed by atoms with Crippen LogP contribution >= 0.6 is 0 Å². The fraction of sp³-hybridized carbons (Fsp3) is 0.250. The first-order valence-corrected chi connectivity index (χ1v) is 5.86. The van der Waals surface area contributed by atoms with E-state index < -0.39 is 5.97 Å². The molecule has 19 heavy (non-hydrogen) atoms. The van der Waals surface area contributed by atoms with Gasteiger partial charge in [-0.1, -0.05) is 0 Å². The Labute approximate surface area is 108 Å². The second-order valence-corrected chi connectivity index (χ2v) is 4.32. The summed E-state index contributed by atoms with van der Waals surface area (Å²) < 4.78 is 0. The van der Waals surface area contributed by atoms with E-state index in [1.165, 1.54) is 18.7 Å². The van der Waals surface area contributed by atoms with Crippen molar-refractivity contribution in [2.24, 2.45) is 0 Å². The molecule has 0 spiro atoms. The van der Waals surface area contributed by atoms with Crippen molar-refractivity contribution in [1.29, 1.82) is 0 Å². The lowest BCUT2D eigenvalue weighted by molar-refractivity contribution is 0.0691. The minimum Gasteiger partial charge on any atom is -0.476 e. The summed E-state index contributed by atoms with van der Waals surface area (Å²) in [7, 11) is 0. The van der Waals surface area contributed by atoms with Gasteiger partial charge in [-0.3, -0.25) is 0 Å². The molecule has 1 aliphatic carbocycles. The SMILES string of the molecule is O=C(O)c1nc(C2CC2)cnc1Nc1cncnc1. The third-order valence-corrected chi connectivity index (χ3v) is 2.81. The molecule has 7 nitrogen and oxygen atoms in total. The highest BCUT2D eigenvalue weighted by molar-refractivity contribution is 5.91. The largest absolute Gasteiger partial charge is 0.476 e. The Bertz CT molecular complexity index is 613. The van der Waals surface area contributed by atoms with Gasteiger partial charge in [-0.15, -0.1) is 0 Å². The van der Waals surface area contributed by atoms with Crippen LogP contribution in [-0.2, 0) is 0 Å². The number of aromatic nitrogens is 4. The third kappa shape index (κ3) is 2.49. The van der Waals surface area contributed by atoms with Crippen molar-refractivity contribution in [3.05, 3.63) is 36.3 Å². The quantitative estimate of drug-likeness (QED) is 0.857. The van der Waals surface area contributed by atoms with E-state index in [2.05, 4.69) is 25.3 Å². The van der Waals surface area contributed by atoms with E-state index in [0.29, 0.717) is 11.6 Å². The molecule has 2 heterocycles. The van der Waals surface area contributed by atoms with Crippen LogP contribution in [0.25, 0.3) is 0 Å². The Morgan fingerprint density at radius 3 is 2.63 bits per heavy atom. The number of nitrogens with zero attached hydrogens (tertiary/aromatic N) is 4. The van der Waals surface area contributed by atoms with Gasteiger partial charge < -0.3 is 10.4 Å². The summed E-state index contributed by atoms with van der Waals surface area (Å²) in [6.45, 7) is 0. The molecular weight excluding hydrogens is 246 g/mol.